The normalized spacial score (nSPS) is 16.9. The number of carbonyl (C=O) groups excluding carboxylic acids is 1. The quantitative estimate of drug-likeness (QED) is 0.771. The van der Waals surface area contributed by atoms with Gasteiger partial charge in [0.15, 0.2) is 0 Å². The molecule has 2 N–H and O–H groups in total. The van der Waals surface area contributed by atoms with Crippen LogP contribution in [0.3, 0.4) is 0 Å². The first kappa shape index (κ1) is 17.1. The van der Waals surface area contributed by atoms with Crippen LogP contribution in [0.25, 0.3) is 11.1 Å². The van der Waals surface area contributed by atoms with Crippen molar-refractivity contribution in [3.05, 3.63) is 66.5 Å². The molecule has 3 aromatic rings. The lowest BCUT2D eigenvalue weighted by Gasteiger charge is -2.32. The third-order valence-corrected chi connectivity index (χ3v) is 4.80. The number of hydrogen-bond acceptors (Lipinski definition) is 6. The van der Waals surface area contributed by atoms with Gasteiger partial charge in [0.25, 0.3) is 5.91 Å². The van der Waals surface area contributed by atoms with Gasteiger partial charge in [-0.15, -0.1) is 0 Å². The minimum atomic E-state index is -0.0176. The number of nitrogens with zero attached hydrogens (tertiary/aromatic N) is 5. The van der Waals surface area contributed by atoms with Gasteiger partial charge in [0, 0.05) is 60.6 Å². The molecule has 136 valence electrons. The van der Waals surface area contributed by atoms with E-state index in [0.29, 0.717) is 12.2 Å². The molecule has 0 radical (unpaired) electrons. The second-order valence-electron chi connectivity index (χ2n) is 6.61. The van der Waals surface area contributed by atoms with E-state index in [1.807, 2.05) is 35.4 Å². The number of carbonyl (C=O) groups is 1. The zero-order valence-corrected chi connectivity index (χ0v) is 14.8. The van der Waals surface area contributed by atoms with E-state index in [0.717, 1.165) is 36.2 Å². The number of nitrogens with two attached hydrogens (primary N) is 1. The molecule has 0 unspecified atom stereocenters. The molecule has 4 rings (SSSR count). The molecule has 0 aliphatic carbocycles. The maximum Gasteiger partial charge on any atom is 0.272 e. The van der Waals surface area contributed by atoms with Crippen LogP contribution in [0.2, 0.25) is 0 Å². The van der Waals surface area contributed by atoms with Gasteiger partial charge < -0.3 is 10.6 Å². The van der Waals surface area contributed by atoms with Crippen LogP contribution >= 0.6 is 0 Å². The first-order chi connectivity index (χ1) is 13.2. The molecule has 1 atom stereocenters. The Hall–Kier alpha value is -3.35. The van der Waals surface area contributed by atoms with Gasteiger partial charge in [-0.3, -0.25) is 14.8 Å². The second kappa shape index (κ2) is 7.49. The molecular formula is C20H20N6O. The molecule has 1 amide bonds. The summed E-state index contributed by atoms with van der Waals surface area (Å²) in [7, 11) is 0. The maximum absolute atomic E-state index is 12.7. The summed E-state index contributed by atoms with van der Waals surface area (Å²) in [6.07, 6.45) is 8.82. The Morgan fingerprint density at radius 1 is 1.00 bits per heavy atom. The molecule has 1 fully saturated rings. The van der Waals surface area contributed by atoms with Gasteiger partial charge in [0.2, 0.25) is 5.95 Å². The predicted molar refractivity (Wildman–Crippen MR) is 102 cm³/mol. The van der Waals surface area contributed by atoms with Crippen molar-refractivity contribution in [2.75, 3.05) is 18.8 Å². The van der Waals surface area contributed by atoms with Gasteiger partial charge in [0.1, 0.15) is 5.69 Å². The SMILES string of the molecule is Nc1ncc(-c2ccc([C@H]3CCCN(C(=O)c4ccccn4)C3)nc2)cn1. The Balaban J connectivity index is 1.48. The van der Waals surface area contributed by atoms with E-state index in [1.54, 1.807) is 24.7 Å². The van der Waals surface area contributed by atoms with Crippen LogP contribution in [0.1, 0.15) is 34.9 Å². The smallest absolute Gasteiger partial charge is 0.272 e. The molecule has 27 heavy (non-hydrogen) atoms. The summed E-state index contributed by atoms with van der Waals surface area (Å²) in [4.78, 5) is 31.4. The second-order valence-corrected chi connectivity index (χ2v) is 6.61. The van der Waals surface area contributed by atoms with Crippen molar-refractivity contribution in [3.8, 4) is 11.1 Å². The fraction of sp³-hybridized carbons (Fsp3) is 0.250. The monoisotopic (exact) mass is 360 g/mol. The van der Waals surface area contributed by atoms with E-state index in [2.05, 4.69) is 19.9 Å². The number of hydrogen-bond donors (Lipinski definition) is 1. The summed E-state index contributed by atoms with van der Waals surface area (Å²) in [5, 5.41) is 0. The Bertz CT molecular complexity index is 911. The summed E-state index contributed by atoms with van der Waals surface area (Å²) < 4.78 is 0. The number of likely N-dealkylation sites (tertiary alicyclic amines) is 1. The van der Waals surface area contributed by atoms with Crippen molar-refractivity contribution in [2.45, 2.75) is 18.8 Å². The zero-order valence-electron chi connectivity index (χ0n) is 14.8. The first-order valence-electron chi connectivity index (χ1n) is 8.95. The van der Waals surface area contributed by atoms with Crippen LogP contribution in [-0.4, -0.2) is 43.8 Å². The van der Waals surface area contributed by atoms with E-state index in [4.69, 9.17) is 5.73 Å². The Kier molecular flexibility index (Phi) is 4.74. The highest BCUT2D eigenvalue weighted by molar-refractivity contribution is 5.92. The molecule has 3 aromatic heterocycles. The van der Waals surface area contributed by atoms with E-state index in [9.17, 15) is 4.79 Å². The number of aromatic nitrogens is 4. The van der Waals surface area contributed by atoms with Crippen LogP contribution in [-0.2, 0) is 0 Å². The fourth-order valence-electron chi connectivity index (χ4n) is 3.36. The molecule has 1 aliphatic rings. The van der Waals surface area contributed by atoms with E-state index < -0.39 is 0 Å². The van der Waals surface area contributed by atoms with Crippen molar-refractivity contribution >= 4 is 11.9 Å². The Labute approximate surface area is 157 Å². The van der Waals surface area contributed by atoms with Gasteiger partial charge in [-0.25, -0.2) is 9.97 Å². The Morgan fingerprint density at radius 2 is 1.81 bits per heavy atom. The summed E-state index contributed by atoms with van der Waals surface area (Å²) >= 11 is 0. The zero-order chi connectivity index (χ0) is 18.6. The lowest BCUT2D eigenvalue weighted by Crippen LogP contribution is -2.39. The highest BCUT2D eigenvalue weighted by Gasteiger charge is 2.26. The average Bonchev–Trinajstić information content (AvgIpc) is 2.75. The first-order valence-corrected chi connectivity index (χ1v) is 8.95. The summed E-state index contributed by atoms with van der Waals surface area (Å²) in [6, 6.07) is 9.44. The van der Waals surface area contributed by atoms with E-state index in [1.165, 1.54) is 0 Å². The van der Waals surface area contributed by atoms with Gasteiger partial charge in [-0.05, 0) is 31.0 Å². The number of pyridine rings is 2. The summed E-state index contributed by atoms with van der Waals surface area (Å²) in [5.41, 5.74) is 8.83. The fourth-order valence-corrected chi connectivity index (χ4v) is 3.36. The minimum Gasteiger partial charge on any atom is -0.368 e. The molecule has 1 saturated heterocycles. The minimum absolute atomic E-state index is 0.0176. The number of nitrogen functional groups attached to an aromatic ring is 1. The summed E-state index contributed by atoms with van der Waals surface area (Å²) in [5.74, 6) is 0.460. The van der Waals surface area contributed by atoms with Crippen molar-refractivity contribution in [2.24, 2.45) is 0 Å². The van der Waals surface area contributed by atoms with Crippen molar-refractivity contribution in [1.82, 2.24) is 24.8 Å². The lowest BCUT2D eigenvalue weighted by atomic mass is 9.93. The van der Waals surface area contributed by atoms with Crippen molar-refractivity contribution in [1.29, 1.82) is 0 Å². The topological polar surface area (TPSA) is 97.9 Å². The van der Waals surface area contributed by atoms with Crippen molar-refractivity contribution < 1.29 is 4.79 Å². The molecule has 1 aliphatic heterocycles. The number of anilines is 1. The molecule has 7 heteroatoms. The number of amides is 1. The highest BCUT2D eigenvalue weighted by Crippen LogP contribution is 2.27. The largest absolute Gasteiger partial charge is 0.368 e. The van der Waals surface area contributed by atoms with Gasteiger partial charge in [-0.2, -0.15) is 0 Å². The van der Waals surface area contributed by atoms with Crippen LogP contribution in [0.4, 0.5) is 5.95 Å². The van der Waals surface area contributed by atoms with Crippen LogP contribution in [0.15, 0.2) is 55.1 Å². The van der Waals surface area contributed by atoms with Crippen LogP contribution < -0.4 is 5.73 Å². The standard InChI is InChI=1S/C20H20N6O/c21-20-24-11-16(12-25-20)14-6-7-17(23-10-14)15-4-3-9-26(13-15)19(27)18-5-1-2-8-22-18/h1-2,5-8,10-12,15H,3-4,9,13H2,(H2,21,24,25)/t15-/m0/s1. The molecule has 0 aromatic carbocycles. The molecular weight excluding hydrogens is 340 g/mol. The number of rotatable bonds is 3. The van der Waals surface area contributed by atoms with E-state index in [-0.39, 0.29) is 17.8 Å². The third-order valence-electron chi connectivity index (χ3n) is 4.80. The lowest BCUT2D eigenvalue weighted by molar-refractivity contribution is 0.0700. The predicted octanol–water partition coefficient (Wildman–Crippen LogP) is 2.54. The maximum atomic E-state index is 12.7. The molecule has 0 saturated carbocycles. The molecule has 7 nitrogen and oxygen atoms in total. The molecule has 4 heterocycles. The highest BCUT2D eigenvalue weighted by atomic mass is 16.2. The van der Waals surface area contributed by atoms with Crippen LogP contribution in [0, 0.1) is 0 Å². The molecule has 0 bridgehead atoms. The van der Waals surface area contributed by atoms with E-state index >= 15 is 0 Å². The molecule has 0 spiro atoms. The average molecular weight is 360 g/mol. The van der Waals surface area contributed by atoms with Crippen molar-refractivity contribution in [3.63, 3.8) is 0 Å². The number of piperidine rings is 1. The summed E-state index contributed by atoms with van der Waals surface area (Å²) in [6.45, 7) is 1.42. The van der Waals surface area contributed by atoms with Crippen LogP contribution in [0.5, 0.6) is 0 Å². The van der Waals surface area contributed by atoms with Gasteiger partial charge in [-0.1, -0.05) is 12.1 Å². The van der Waals surface area contributed by atoms with Gasteiger partial charge in [0.05, 0.1) is 0 Å². The Morgan fingerprint density at radius 3 is 2.52 bits per heavy atom. The third kappa shape index (κ3) is 3.76. The van der Waals surface area contributed by atoms with Gasteiger partial charge >= 0.3 is 0 Å².